The van der Waals surface area contributed by atoms with Crippen LogP contribution in [0.15, 0.2) is 36.3 Å². The highest BCUT2D eigenvalue weighted by molar-refractivity contribution is 6.52. The summed E-state index contributed by atoms with van der Waals surface area (Å²) in [5.74, 6) is 1.82. The molecule has 1 unspecified atom stereocenters. The summed E-state index contributed by atoms with van der Waals surface area (Å²) in [4.78, 5) is 27.2. The summed E-state index contributed by atoms with van der Waals surface area (Å²) in [6, 6.07) is 9.82. The average Bonchev–Trinajstić information content (AvgIpc) is 3.08. The van der Waals surface area contributed by atoms with Gasteiger partial charge in [-0.3, -0.25) is 14.5 Å². The Balaban J connectivity index is 1.33. The number of Topliss-reactive ketones (excluding diaryl/α,β-unsaturated/α-hetero) is 1. The topological polar surface area (TPSA) is 66.8 Å². The summed E-state index contributed by atoms with van der Waals surface area (Å²) in [6.45, 7) is 7.73. The van der Waals surface area contributed by atoms with Gasteiger partial charge in [0, 0.05) is 12.6 Å². The maximum atomic E-state index is 12.5. The molecule has 4 aliphatic rings. The first-order valence-electron chi connectivity index (χ1n) is 10.7. The number of benzene rings is 1. The maximum absolute atomic E-state index is 12.5. The molecule has 3 aliphatic carbocycles. The van der Waals surface area contributed by atoms with Crippen molar-refractivity contribution in [2.45, 2.75) is 39.7 Å². The number of likely N-dealkylation sites (tertiary alicyclic amines) is 1. The highest BCUT2D eigenvalue weighted by Crippen LogP contribution is 2.62. The Hall–Kier alpha value is -1.92. The molecule has 1 N–H and O–H groups in total. The zero-order valence-electron chi connectivity index (χ0n) is 17.5. The van der Waals surface area contributed by atoms with Crippen LogP contribution < -0.4 is 0 Å². The summed E-state index contributed by atoms with van der Waals surface area (Å²) in [5.41, 5.74) is 1.30. The number of hydrogen-bond acceptors (Lipinski definition) is 5. The molecular weight excluding hydrogens is 365 g/mol. The molecule has 1 heterocycles. The fraction of sp³-hybridized carbons (Fsp3) is 0.565. The molecule has 1 aromatic rings. The van der Waals surface area contributed by atoms with Gasteiger partial charge in [0.05, 0.1) is 6.54 Å². The predicted molar refractivity (Wildman–Crippen MR) is 113 cm³/mol. The van der Waals surface area contributed by atoms with E-state index in [0.29, 0.717) is 42.3 Å². The molecule has 1 aliphatic heterocycles. The van der Waals surface area contributed by atoms with E-state index in [1.807, 2.05) is 30.3 Å². The van der Waals surface area contributed by atoms with Crippen LogP contribution in [0.1, 0.15) is 39.2 Å². The van der Waals surface area contributed by atoms with Crippen LogP contribution in [-0.2, 0) is 14.2 Å². The number of carbonyl (C=O) groups excluding carboxylic acids is 2. The average molecular weight is 395 g/mol. The van der Waals surface area contributed by atoms with E-state index in [0.717, 1.165) is 12.0 Å². The van der Waals surface area contributed by atoms with Gasteiger partial charge in [-0.15, -0.1) is 0 Å². The standard InChI is InChI=1S/C23H30BNO4/c1-15-19-11-17(23(19,2)3)12-20(15)25-13-18(21(26)14-25)22(27)29-24(28)10-9-16-7-5-4-6-8-16/h4-10,15,17-20,28H,11-14H2,1-3H3/b10-9+/t15-,17+,18?,19-,20-/m1/s1. The molecule has 1 aromatic carbocycles. The summed E-state index contributed by atoms with van der Waals surface area (Å²) in [6.07, 6.45) is 4.08. The van der Waals surface area contributed by atoms with E-state index < -0.39 is 19.0 Å². The lowest BCUT2D eigenvalue weighted by Crippen LogP contribution is -2.60. The second-order valence-corrected chi connectivity index (χ2v) is 9.57. The van der Waals surface area contributed by atoms with Crippen molar-refractivity contribution in [1.29, 1.82) is 0 Å². The van der Waals surface area contributed by atoms with Crippen LogP contribution >= 0.6 is 0 Å². The van der Waals surface area contributed by atoms with Gasteiger partial charge in [-0.2, -0.15) is 0 Å². The first-order valence-corrected chi connectivity index (χ1v) is 10.7. The molecular formula is C23H30BNO4. The van der Waals surface area contributed by atoms with Crippen molar-refractivity contribution in [2.75, 3.05) is 13.1 Å². The Morgan fingerprint density at radius 3 is 2.66 bits per heavy atom. The molecule has 5 atom stereocenters. The normalized spacial score (nSPS) is 33.5. The lowest BCUT2D eigenvalue weighted by Gasteiger charge is -2.63. The van der Waals surface area contributed by atoms with Crippen molar-refractivity contribution in [3.63, 3.8) is 0 Å². The largest absolute Gasteiger partial charge is 0.554 e. The minimum absolute atomic E-state index is 0.0973. The number of hydrogen-bond donors (Lipinski definition) is 1. The molecule has 29 heavy (non-hydrogen) atoms. The van der Waals surface area contributed by atoms with Crippen molar-refractivity contribution in [1.82, 2.24) is 4.90 Å². The molecule has 1 saturated heterocycles. The van der Waals surface area contributed by atoms with E-state index in [9.17, 15) is 14.6 Å². The predicted octanol–water partition coefficient (Wildman–Crippen LogP) is 2.83. The summed E-state index contributed by atoms with van der Waals surface area (Å²) < 4.78 is 5.13. The van der Waals surface area contributed by atoms with Gasteiger partial charge in [0.25, 0.3) is 0 Å². The molecule has 0 amide bonds. The van der Waals surface area contributed by atoms with Gasteiger partial charge in [-0.1, -0.05) is 57.2 Å². The first-order chi connectivity index (χ1) is 13.8. The fourth-order valence-corrected chi connectivity index (χ4v) is 5.77. The molecule has 5 rings (SSSR count). The second kappa shape index (κ2) is 7.73. The third-order valence-electron chi connectivity index (χ3n) is 7.72. The van der Waals surface area contributed by atoms with E-state index in [1.54, 1.807) is 6.08 Å². The minimum Gasteiger partial charge on any atom is -0.506 e. The smallest absolute Gasteiger partial charge is 0.506 e. The van der Waals surface area contributed by atoms with E-state index >= 15 is 0 Å². The highest BCUT2D eigenvalue weighted by atomic mass is 16.6. The van der Waals surface area contributed by atoms with Crippen LogP contribution in [0.4, 0.5) is 0 Å². The van der Waals surface area contributed by atoms with Crippen LogP contribution in [0.5, 0.6) is 0 Å². The number of ketones is 1. The van der Waals surface area contributed by atoms with Crippen molar-refractivity contribution in [3.05, 3.63) is 41.9 Å². The third-order valence-corrected chi connectivity index (χ3v) is 7.72. The monoisotopic (exact) mass is 395 g/mol. The van der Waals surface area contributed by atoms with Gasteiger partial charge in [0.1, 0.15) is 5.92 Å². The zero-order chi connectivity index (χ0) is 20.8. The van der Waals surface area contributed by atoms with E-state index in [-0.39, 0.29) is 5.78 Å². The number of carbonyl (C=O) groups is 2. The van der Waals surface area contributed by atoms with Gasteiger partial charge in [-0.05, 0) is 47.5 Å². The Morgan fingerprint density at radius 2 is 2.00 bits per heavy atom. The summed E-state index contributed by atoms with van der Waals surface area (Å²) >= 11 is 0. The van der Waals surface area contributed by atoms with Crippen molar-refractivity contribution in [2.24, 2.45) is 29.1 Å². The highest BCUT2D eigenvalue weighted by Gasteiger charge is 2.58. The van der Waals surface area contributed by atoms with Gasteiger partial charge >= 0.3 is 13.1 Å². The first kappa shape index (κ1) is 20.4. The Labute approximate surface area is 173 Å². The Morgan fingerprint density at radius 1 is 1.28 bits per heavy atom. The van der Waals surface area contributed by atoms with Crippen molar-refractivity contribution >= 4 is 24.9 Å². The van der Waals surface area contributed by atoms with Crippen LogP contribution in [0.2, 0.25) is 0 Å². The van der Waals surface area contributed by atoms with Gasteiger partial charge in [0.15, 0.2) is 5.78 Å². The van der Waals surface area contributed by atoms with E-state index in [4.69, 9.17) is 4.65 Å². The van der Waals surface area contributed by atoms with E-state index in [1.165, 1.54) is 12.4 Å². The molecule has 154 valence electrons. The number of nitrogens with zero attached hydrogens (tertiary/aromatic N) is 1. The maximum Gasteiger partial charge on any atom is 0.554 e. The fourth-order valence-electron chi connectivity index (χ4n) is 5.77. The SMILES string of the molecule is C[C@H]1[C@H](N2CC(=O)C(C(=O)OB(O)/C=C/c3ccccc3)C2)C[C@@H]2C[C@H]1C2(C)C. The zero-order valence-corrected chi connectivity index (χ0v) is 17.5. The van der Waals surface area contributed by atoms with Crippen molar-refractivity contribution < 1.29 is 19.3 Å². The lowest BCUT2D eigenvalue weighted by molar-refractivity contribution is -0.144. The molecule has 0 aromatic heterocycles. The Bertz CT molecular complexity index is 808. The third kappa shape index (κ3) is 3.80. The Kier molecular flexibility index (Phi) is 5.43. The second-order valence-electron chi connectivity index (χ2n) is 9.57. The molecule has 0 spiro atoms. The van der Waals surface area contributed by atoms with Crippen LogP contribution in [0.3, 0.4) is 0 Å². The van der Waals surface area contributed by atoms with Crippen LogP contribution in [0.25, 0.3) is 6.08 Å². The molecule has 4 fully saturated rings. The number of rotatable bonds is 5. The quantitative estimate of drug-likeness (QED) is 0.614. The molecule has 6 heteroatoms. The van der Waals surface area contributed by atoms with Crippen LogP contribution in [-0.4, -0.2) is 47.9 Å². The minimum atomic E-state index is -1.35. The van der Waals surface area contributed by atoms with Gasteiger partial charge in [-0.25, -0.2) is 0 Å². The number of fused-ring (bicyclic) bond motifs is 2. The lowest BCUT2D eigenvalue weighted by atomic mass is 9.44. The molecule has 2 bridgehead atoms. The molecule has 3 saturated carbocycles. The van der Waals surface area contributed by atoms with E-state index in [2.05, 4.69) is 25.7 Å². The van der Waals surface area contributed by atoms with Gasteiger partial charge in [0.2, 0.25) is 0 Å². The van der Waals surface area contributed by atoms with Crippen LogP contribution in [0, 0.1) is 29.1 Å². The molecule has 0 radical (unpaired) electrons. The van der Waals surface area contributed by atoms with Gasteiger partial charge < -0.3 is 9.68 Å². The summed E-state index contributed by atoms with van der Waals surface area (Å²) in [7, 11) is -1.35. The molecule has 5 nitrogen and oxygen atoms in total. The summed E-state index contributed by atoms with van der Waals surface area (Å²) in [5, 5.41) is 10.0. The van der Waals surface area contributed by atoms with Crippen molar-refractivity contribution in [3.8, 4) is 0 Å².